The molecule has 8 nitrogen and oxygen atoms in total. The Morgan fingerprint density at radius 3 is 2.59 bits per heavy atom. The fraction of sp³-hybridized carbons (Fsp3) is 0.222. The molecule has 3 aromatic rings. The summed E-state index contributed by atoms with van der Waals surface area (Å²) in [5.41, 5.74) is 0.553. The Bertz CT molecular complexity index is 1260. The zero-order chi connectivity index (χ0) is 21.2. The molecule has 0 atom stereocenters. The van der Waals surface area contributed by atoms with E-state index >= 15 is 0 Å². The van der Waals surface area contributed by atoms with Crippen LogP contribution in [0, 0.1) is 10.1 Å². The summed E-state index contributed by atoms with van der Waals surface area (Å²) in [6, 6.07) is 10.3. The predicted octanol–water partition coefficient (Wildman–Crippen LogP) is 3.48. The third-order valence-electron chi connectivity index (χ3n) is 4.20. The molecule has 0 bridgehead atoms. The number of hydrogen-bond donors (Lipinski definition) is 0. The van der Waals surface area contributed by atoms with Crippen LogP contribution >= 0.6 is 22.9 Å². The first kappa shape index (κ1) is 21.2. The van der Waals surface area contributed by atoms with E-state index in [1.165, 1.54) is 47.7 Å². The Morgan fingerprint density at radius 1 is 1.24 bits per heavy atom. The number of carbonyl (C=O) groups excluding carboxylic acids is 1. The van der Waals surface area contributed by atoms with Crippen LogP contribution in [-0.4, -0.2) is 29.6 Å². The number of aryl methyl sites for hydroxylation is 1. The lowest BCUT2D eigenvalue weighted by atomic mass is 10.3. The minimum absolute atomic E-state index is 0.0266. The van der Waals surface area contributed by atoms with E-state index in [4.69, 9.17) is 11.6 Å². The van der Waals surface area contributed by atoms with Gasteiger partial charge in [0.2, 0.25) is 5.91 Å². The van der Waals surface area contributed by atoms with Crippen LogP contribution in [-0.2, 0) is 21.7 Å². The number of carbonyl (C=O) groups is 1. The van der Waals surface area contributed by atoms with Crippen LogP contribution in [0.3, 0.4) is 0 Å². The van der Waals surface area contributed by atoms with Crippen LogP contribution in [0.2, 0.25) is 5.02 Å². The summed E-state index contributed by atoms with van der Waals surface area (Å²) >= 11 is 7.00. The van der Waals surface area contributed by atoms with Gasteiger partial charge in [-0.3, -0.25) is 14.9 Å². The fourth-order valence-electron chi connectivity index (χ4n) is 2.67. The van der Waals surface area contributed by atoms with E-state index in [-0.39, 0.29) is 29.2 Å². The zero-order valence-electron chi connectivity index (χ0n) is 15.2. The van der Waals surface area contributed by atoms with Crippen molar-refractivity contribution in [2.24, 2.45) is 12.0 Å². The lowest BCUT2D eigenvalue weighted by Crippen LogP contribution is -2.14. The molecule has 0 spiro atoms. The largest absolute Gasteiger partial charge is 0.319 e. The Morgan fingerprint density at radius 2 is 1.93 bits per heavy atom. The second-order valence-electron chi connectivity index (χ2n) is 6.23. The van der Waals surface area contributed by atoms with Crippen LogP contribution < -0.4 is 4.80 Å². The number of amides is 1. The van der Waals surface area contributed by atoms with E-state index in [1.807, 2.05) is 0 Å². The van der Waals surface area contributed by atoms with Crippen LogP contribution in [0.5, 0.6) is 0 Å². The van der Waals surface area contributed by atoms with Crippen LogP contribution in [0.15, 0.2) is 52.4 Å². The van der Waals surface area contributed by atoms with Crippen LogP contribution in [0.4, 0.5) is 5.69 Å². The smallest absolute Gasteiger partial charge is 0.271 e. The maximum absolute atomic E-state index is 12.3. The molecular weight excluding hydrogens is 438 g/mol. The first-order valence-corrected chi connectivity index (χ1v) is 11.3. The molecule has 11 heteroatoms. The second kappa shape index (κ2) is 8.44. The van der Waals surface area contributed by atoms with Gasteiger partial charge in [-0.2, -0.15) is 4.99 Å². The molecule has 1 heterocycles. The van der Waals surface area contributed by atoms with E-state index in [0.717, 1.165) is 4.70 Å². The van der Waals surface area contributed by atoms with E-state index < -0.39 is 20.7 Å². The number of aromatic nitrogens is 1. The summed E-state index contributed by atoms with van der Waals surface area (Å²) in [5, 5.41) is 11.4. The van der Waals surface area contributed by atoms with Gasteiger partial charge in [0.15, 0.2) is 14.6 Å². The molecule has 0 aliphatic carbocycles. The van der Waals surface area contributed by atoms with Crippen molar-refractivity contribution in [2.75, 3.05) is 5.75 Å². The third kappa shape index (κ3) is 4.89. The Kier molecular flexibility index (Phi) is 6.15. The number of nitrogens with zero attached hydrogens (tertiary/aromatic N) is 3. The summed E-state index contributed by atoms with van der Waals surface area (Å²) in [6.07, 6.45) is 0.106. The SMILES string of the molecule is Cn1c(=NC(=O)CCCS(=O)(=O)c2ccc(Cl)cc2)sc2ccc([N+](=O)[O-])cc21. The molecule has 0 radical (unpaired) electrons. The normalized spacial score (nSPS) is 12.4. The quantitative estimate of drug-likeness (QED) is 0.419. The summed E-state index contributed by atoms with van der Waals surface area (Å²) < 4.78 is 27.0. The number of halogens is 1. The Hall–Kier alpha value is -2.56. The van der Waals surface area contributed by atoms with Crippen molar-refractivity contribution in [3.05, 3.63) is 62.4 Å². The van der Waals surface area contributed by atoms with Gasteiger partial charge in [0.1, 0.15) is 0 Å². The maximum Gasteiger partial charge on any atom is 0.271 e. The van der Waals surface area contributed by atoms with Crippen LogP contribution in [0.25, 0.3) is 10.2 Å². The molecule has 3 rings (SSSR count). The Labute approximate surface area is 175 Å². The van der Waals surface area contributed by atoms with Gasteiger partial charge in [0.05, 0.1) is 25.8 Å². The minimum atomic E-state index is -3.51. The Balaban J connectivity index is 1.71. The van der Waals surface area contributed by atoms with E-state index in [1.54, 1.807) is 17.7 Å². The lowest BCUT2D eigenvalue weighted by Gasteiger charge is -2.03. The number of sulfone groups is 1. The predicted molar refractivity (Wildman–Crippen MR) is 111 cm³/mol. The lowest BCUT2D eigenvalue weighted by molar-refractivity contribution is -0.384. The number of nitro groups is 1. The first-order chi connectivity index (χ1) is 13.7. The first-order valence-electron chi connectivity index (χ1n) is 8.47. The second-order valence-corrected chi connectivity index (χ2v) is 9.79. The standard InChI is InChI=1S/C18H16ClN3O5S2/c1-21-15-11-13(22(24)25)6-9-16(15)28-18(21)20-17(23)3-2-10-29(26,27)14-7-4-12(19)5-8-14/h4-9,11H,2-3,10H2,1H3. The van der Waals surface area contributed by atoms with Crippen molar-refractivity contribution in [1.82, 2.24) is 4.57 Å². The van der Waals surface area contributed by atoms with Gasteiger partial charge in [0.25, 0.3) is 5.69 Å². The topological polar surface area (TPSA) is 112 Å². The average molecular weight is 454 g/mol. The zero-order valence-corrected chi connectivity index (χ0v) is 17.6. The highest BCUT2D eigenvalue weighted by atomic mass is 35.5. The van der Waals surface area contributed by atoms with Gasteiger partial charge in [-0.15, -0.1) is 0 Å². The molecule has 0 N–H and O–H groups in total. The monoisotopic (exact) mass is 453 g/mol. The molecule has 0 unspecified atom stereocenters. The highest BCUT2D eigenvalue weighted by Crippen LogP contribution is 2.22. The number of fused-ring (bicyclic) bond motifs is 1. The van der Waals surface area contributed by atoms with Gasteiger partial charge < -0.3 is 4.57 Å². The summed E-state index contributed by atoms with van der Waals surface area (Å²) in [5.74, 6) is -0.631. The number of hydrogen-bond acceptors (Lipinski definition) is 6. The average Bonchev–Trinajstić information content (AvgIpc) is 2.97. The number of nitro benzene ring substituents is 1. The molecule has 0 saturated carbocycles. The highest BCUT2D eigenvalue weighted by Gasteiger charge is 2.15. The van der Waals surface area contributed by atoms with Gasteiger partial charge in [-0.05, 0) is 36.8 Å². The molecule has 152 valence electrons. The van der Waals surface area contributed by atoms with Crippen molar-refractivity contribution < 1.29 is 18.1 Å². The molecule has 1 aromatic heterocycles. The van der Waals surface area contributed by atoms with Gasteiger partial charge in [-0.25, -0.2) is 8.42 Å². The number of rotatable bonds is 6. The van der Waals surface area contributed by atoms with Gasteiger partial charge >= 0.3 is 0 Å². The van der Waals surface area contributed by atoms with Crippen molar-refractivity contribution in [3.8, 4) is 0 Å². The summed E-state index contributed by atoms with van der Waals surface area (Å²) in [4.78, 5) is 27.2. The summed E-state index contributed by atoms with van der Waals surface area (Å²) in [6.45, 7) is 0. The van der Waals surface area contributed by atoms with Crippen molar-refractivity contribution >= 4 is 54.6 Å². The third-order valence-corrected chi connectivity index (χ3v) is 7.38. The van der Waals surface area contributed by atoms with Gasteiger partial charge in [-0.1, -0.05) is 22.9 Å². The highest BCUT2D eigenvalue weighted by molar-refractivity contribution is 7.91. The maximum atomic E-state index is 12.3. The molecule has 2 aromatic carbocycles. The van der Waals surface area contributed by atoms with E-state index in [2.05, 4.69) is 4.99 Å². The van der Waals surface area contributed by atoms with Gasteiger partial charge in [0, 0.05) is 30.6 Å². The molecule has 0 fully saturated rings. The molecule has 0 aliphatic rings. The number of benzene rings is 2. The van der Waals surface area contributed by atoms with Crippen molar-refractivity contribution in [3.63, 3.8) is 0 Å². The number of non-ortho nitro benzene ring substituents is 1. The van der Waals surface area contributed by atoms with E-state index in [9.17, 15) is 23.3 Å². The molecule has 0 aliphatic heterocycles. The molecule has 1 amide bonds. The van der Waals surface area contributed by atoms with Crippen molar-refractivity contribution in [2.45, 2.75) is 17.7 Å². The molecule has 29 heavy (non-hydrogen) atoms. The fourth-order valence-corrected chi connectivity index (χ4v) is 5.12. The molecule has 0 saturated heterocycles. The van der Waals surface area contributed by atoms with Crippen LogP contribution in [0.1, 0.15) is 12.8 Å². The molecular formula is C18H16ClN3O5S2. The minimum Gasteiger partial charge on any atom is -0.319 e. The van der Waals surface area contributed by atoms with Crippen molar-refractivity contribution in [1.29, 1.82) is 0 Å². The summed E-state index contributed by atoms with van der Waals surface area (Å²) in [7, 11) is -1.84. The number of thiazole rings is 1. The van der Waals surface area contributed by atoms with E-state index in [0.29, 0.717) is 15.3 Å².